The lowest BCUT2D eigenvalue weighted by Crippen LogP contribution is -2.23. The minimum absolute atomic E-state index is 0.134. The Morgan fingerprint density at radius 2 is 2.00 bits per heavy atom. The zero-order valence-corrected chi connectivity index (χ0v) is 16.4. The number of carbonyl (C=O) groups excluding carboxylic acids is 1. The standard InChI is InChI=1S/C21H20N2O4S/c1-3-14-7-9-16(10-8-14)22-21-23(2)20(26)18(28-21)12-15-5-4-6-17(11-15)27-13-19(24)25/h4-12H,3,13H2,1-2H3,(H,24,25)/b18-12+,22-21?. The number of hydrogen-bond donors (Lipinski definition) is 1. The third-order valence-electron chi connectivity index (χ3n) is 4.09. The van der Waals surface area contributed by atoms with Crippen LogP contribution in [0.5, 0.6) is 5.75 Å². The van der Waals surface area contributed by atoms with Gasteiger partial charge in [0.2, 0.25) is 0 Å². The number of aliphatic imine (C=N–C) groups is 1. The number of hydrogen-bond acceptors (Lipinski definition) is 5. The van der Waals surface area contributed by atoms with E-state index in [1.54, 1.807) is 31.3 Å². The van der Waals surface area contributed by atoms with Gasteiger partial charge < -0.3 is 9.84 Å². The fraction of sp³-hybridized carbons (Fsp3) is 0.190. The molecule has 0 aliphatic carbocycles. The first kappa shape index (κ1) is 19.7. The molecule has 1 N–H and O–H groups in total. The van der Waals surface area contributed by atoms with Crippen LogP contribution >= 0.6 is 11.8 Å². The Hall–Kier alpha value is -3.06. The molecule has 1 fully saturated rings. The predicted molar refractivity (Wildman–Crippen MR) is 111 cm³/mol. The van der Waals surface area contributed by atoms with Crippen LogP contribution in [-0.2, 0) is 16.0 Å². The number of thioether (sulfide) groups is 1. The van der Waals surface area contributed by atoms with E-state index in [1.165, 1.54) is 22.2 Å². The molecule has 1 aliphatic rings. The largest absolute Gasteiger partial charge is 0.482 e. The summed E-state index contributed by atoms with van der Waals surface area (Å²) in [6, 6.07) is 14.9. The summed E-state index contributed by atoms with van der Waals surface area (Å²) >= 11 is 1.30. The maximum absolute atomic E-state index is 12.6. The quantitative estimate of drug-likeness (QED) is 0.748. The number of carboxylic acid groups (broad SMARTS) is 1. The number of benzene rings is 2. The number of carboxylic acids is 1. The van der Waals surface area contributed by atoms with Gasteiger partial charge in [0.25, 0.3) is 5.91 Å². The molecule has 1 amide bonds. The number of carbonyl (C=O) groups is 2. The fourth-order valence-corrected chi connectivity index (χ4v) is 3.55. The van der Waals surface area contributed by atoms with Gasteiger partial charge in [0.05, 0.1) is 10.6 Å². The molecule has 6 nitrogen and oxygen atoms in total. The smallest absolute Gasteiger partial charge is 0.341 e. The third kappa shape index (κ3) is 4.80. The zero-order valence-electron chi connectivity index (χ0n) is 15.6. The predicted octanol–water partition coefficient (Wildman–Crippen LogP) is 3.95. The minimum atomic E-state index is -1.04. The van der Waals surface area contributed by atoms with Crippen LogP contribution in [0.3, 0.4) is 0 Å². The fourth-order valence-electron chi connectivity index (χ4n) is 2.56. The van der Waals surface area contributed by atoms with E-state index in [1.807, 2.05) is 30.3 Å². The molecule has 3 rings (SSSR count). The Morgan fingerprint density at radius 1 is 1.25 bits per heavy atom. The van der Waals surface area contributed by atoms with Crippen LogP contribution in [0.4, 0.5) is 5.69 Å². The molecule has 7 heteroatoms. The van der Waals surface area contributed by atoms with Crippen LogP contribution in [0.25, 0.3) is 6.08 Å². The highest BCUT2D eigenvalue weighted by atomic mass is 32.2. The molecule has 0 atom stereocenters. The lowest BCUT2D eigenvalue weighted by atomic mass is 10.2. The Morgan fingerprint density at radius 3 is 2.68 bits per heavy atom. The highest BCUT2D eigenvalue weighted by Gasteiger charge is 2.30. The molecule has 0 aromatic heterocycles. The molecule has 28 heavy (non-hydrogen) atoms. The average molecular weight is 396 g/mol. The van der Waals surface area contributed by atoms with Crippen molar-refractivity contribution in [3.63, 3.8) is 0 Å². The van der Waals surface area contributed by atoms with Gasteiger partial charge in [-0.15, -0.1) is 0 Å². The average Bonchev–Trinajstić information content (AvgIpc) is 2.95. The normalized spacial score (nSPS) is 16.8. The van der Waals surface area contributed by atoms with Gasteiger partial charge in [0, 0.05) is 7.05 Å². The number of aryl methyl sites for hydroxylation is 1. The van der Waals surface area contributed by atoms with Gasteiger partial charge >= 0.3 is 5.97 Å². The van der Waals surface area contributed by atoms with Crippen LogP contribution in [0, 0.1) is 0 Å². The molecule has 0 spiro atoms. The van der Waals surface area contributed by atoms with Crippen LogP contribution in [0.15, 0.2) is 58.4 Å². The summed E-state index contributed by atoms with van der Waals surface area (Å²) < 4.78 is 5.18. The molecule has 0 radical (unpaired) electrons. The van der Waals surface area contributed by atoms with Crippen molar-refractivity contribution in [1.29, 1.82) is 0 Å². The minimum Gasteiger partial charge on any atom is -0.482 e. The van der Waals surface area contributed by atoms with E-state index in [4.69, 9.17) is 9.84 Å². The van der Waals surface area contributed by atoms with Gasteiger partial charge in [-0.2, -0.15) is 0 Å². The number of ether oxygens (including phenoxy) is 1. The highest BCUT2D eigenvalue weighted by molar-refractivity contribution is 8.18. The summed E-state index contributed by atoms with van der Waals surface area (Å²) in [5, 5.41) is 9.32. The Bertz CT molecular complexity index is 951. The Labute approximate surface area is 167 Å². The molecule has 2 aromatic rings. The van der Waals surface area contributed by atoms with E-state index in [-0.39, 0.29) is 5.91 Å². The third-order valence-corrected chi connectivity index (χ3v) is 5.15. The molecule has 1 aliphatic heterocycles. The first-order valence-electron chi connectivity index (χ1n) is 8.76. The van der Waals surface area contributed by atoms with Crippen LogP contribution in [0.2, 0.25) is 0 Å². The van der Waals surface area contributed by atoms with Crippen molar-refractivity contribution in [2.24, 2.45) is 4.99 Å². The number of amides is 1. The van der Waals surface area contributed by atoms with Gasteiger partial charge in [-0.25, -0.2) is 9.79 Å². The van der Waals surface area contributed by atoms with E-state index >= 15 is 0 Å². The summed E-state index contributed by atoms with van der Waals surface area (Å²) in [4.78, 5) is 29.8. The monoisotopic (exact) mass is 396 g/mol. The highest BCUT2D eigenvalue weighted by Crippen LogP contribution is 2.33. The molecule has 1 saturated heterocycles. The van der Waals surface area contributed by atoms with E-state index in [2.05, 4.69) is 11.9 Å². The van der Waals surface area contributed by atoms with E-state index in [0.717, 1.165) is 17.7 Å². The van der Waals surface area contributed by atoms with Crippen LogP contribution < -0.4 is 4.74 Å². The molecular formula is C21H20N2O4S. The van der Waals surface area contributed by atoms with Crippen molar-refractivity contribution >= 4 is 40.6 Å². The number of aliphatic carboxylic acids is 1. The summed E-state index contributed by atoms with van der Waals surface area (Å²) in [5.41, 5.74) is 2.78. The summed E-state index contributed by atoms with van der Waals surface area (Å²) in [6.07, 6.45) is 2.71. The molecule has 2 aromatic carbocycles. The molecule has 0 bridgehead atoms. The number of nitrogens with zero attached hydrogens (tertiary/aromatic N) is 2. The van der Waals surface area contributed by atoms with E-state index in [9.17, 15) is 9.59 Å². The topological polar surface area (TPSA) is 79.2 Å². The maximum atomic E-state index is 12.6. The van der Waals surface area contributed by atoms with Crippen LogP contribution in [-0.4, -0.2) is 40.7 Å². The van der Waals surface area contributed by atoms with Crippen molar-refractivity contribution < 1.29 is 19.4 Å². The second kappa shape index (κ2) is 8.75. The van der Waals surface area contributed by atoms with Crippen molar-refractivity contribution in [1.82, 2.24) is 4.90 Å². The second-order valence-corrected chi connectivity index (χ2v) is 7.15. The van der Waals surface area contributed by atoms with E-state index < -0.39 is 12.6 Å². The summed E-state index contributed by atoms with van der Waals surface area (Å²) in [6.45, 7) is 1.68. The van der Waals surface area contributed by atoms with Crippen molar-refractivity contribution in [3.8, 4) is 5.75 Å². The number of likely N-dealkylation sites (N-methyl/N-ethyl adjacent to an activating group) is 1. The van der Waals surface area contributed by atoms with Crippen molar-refractivity contribution in [2.45, 2.75) is 13.3 Å². The van der Waals surface area contributed by atoms with Gasteiger partial charge in [-0.05, 0) is 59.7 Å². The van der Waals surface area contributed by atoms with Gasteiger partial charge in [-0.3, -0.25) is 9.69 Å². The number of rotatable bonds is 6. The van der Waals surface area contributed by atoms with Crippen molar-refractivity contribution in [3.05, 3.63) is 64.6 Å². The molecule has 144 valence electrons. The Kier molecular flexibility index (Phi) is 6.16. The second-order valence-electron chi connectivity index (χ2n) is 6.14. The van der Waals surface area contributed by atoms with Gasteiger partial charge in [-0.1, -0.05) is 31.2 Å². The lowest BCUT2D eigenvalue weighted by molar-refractivity contribution is -0.139. The van der Waals surface area contributed by atoms with Crippen molar-refractivity contribution in [2.75, 3.05) is 13.7 Å². The summed E-state index contributed by atoms with van der Waals surface area (Å²) in [7, 11) is 1.70. The number of amidine groups is 1. The molecular weight excluding hydrogens is 376 g/mol. The molecule has 1 heterocycles. The SMILES string of the molecule is CCc1ccc(N=C2S/C(=C/c3cccc(OCC(=O)O)c3)C(=O)N2C)cc1. The first-order chi connectivity index (χ1) is 13.5. The first-order valence-corrected chi connectivity index (χ1v) is 9.58. The lowest BCUT2D eigenvalue weighted by Gasteiger charge is -2.07. The zero-order chi connectivity index (χ0) is 20.1. The van der Waals surface area contributed by atoms with E-state index in [0.29, 0.717) is 15.8 Å². The summed E-state index contributed by atoms with van der Waals surface area (Å²) in [5.74, 6) is -0.740. The van der Waals surface area contributed by atoms with Gasteiger partial charge in [0.1, 0.15) is 5.75 Å². The molecule has 0 unspecified atom stereocenters. The van der Waals surface area contributed by atoms with Crippen LogP contribution in [0.1, 0.15) is 18.1 Å². The maximum Gasteiger partial charge on any atom is 0.341 e. The molecule has 0 saturated carbocycles. The van der Waals surface area contributed by atoms with Gasteiger partial charge in [0.15, 0.2) is 11.8 Å². The Balaban J connectivity index is 1.79.